The summed E-state index contributed by atoms with van der Waals surface area (Å²) in [6, 6.07) is 15.2. The average Bonchev–Trinajstić information content (AvgIpc) is 2.86. The highest BCUT2D eigenvalue weighted by molar-refractivity contribution is 5.94. The Morgan fingerprint density at radius 3 is 2.51 bits per heavy atom. The van der Waals surface area contributed by atoms with Crippen LogP contribution in [-0.2, 0) is 6.54 Å². The molecule has 35 heavy (non-hydrogen) atoms. The van der Waals surface area contributed by atoms with E-state index in [4.69, 9.17) is 0 Å². The highest BCUT2D eigenvalue weighted by Crippen LogP contribution is 2.30. The summed E-state index contributed by atoms with van der Waals surface area (Å²) < 4.78 is 13.2. The molecule has 2 heterocycles. The number of piperidine rings is 1. The number of carbonyl (C=O) groups excluding carboxylic acids is 1. The van der Waals surface area contributed by atoms with E-state index in [0.29, 0.717) is 5.56 Å². The van der Waals surface area contributed by atoms with Gasteiger partial charge in [-0.05, 0) is 63.3 Å². The van der Waals surface area contributed by atoms with E-state index in [9.17, 15) is 19.1 Å². The Morgan fingerprint density at radius 1 is 1.20 bits per heavy atom. The SMILES string of the molecule is CN1CCC(N(C)C(c2ccccc2)c2nc(C(=O)NCc3ccc(F)cc3)c(O)c(=O)[nH]2)CC1. The molecule has 0 aliphatic carbocycles. The maximum atomic E-state index is 13.2. The molecule has 1 aliphatic rings. The third-order valence-electron chi connectivity index (χ3n) is 6.54. The van der Waals surface area contributed by atoms with Crippen LogP contribution in [0.25, 0.3) is 0 Å². The predicted octanol–water partition coefficient (Wildman–Crippen LogP) is 2.66. The predicted molar refractivity (Wildman–Crippen MR) is 131 cm³/mol. The molecule has 9 heteroatoms. The molecule has 1 aliphatic heterocycles. The standard InChI is InChI=1S/C26H30FN5O3/c1-31-14-12-20(13-15-31)32(2)22(18-6-4-3-5-7-18)24-29-21(23(33)26(35)30-24)25(34)28-16-17-8-10-19(27)11-9-17/h3-11,20,22,33H,12-16H2,1-2H3,(H,28,34)(H,29,30,35). The second-order valence-corrected chi connectivity index (χ2v) is 8.97. The zero-order valence-corrected chi connectivity index (χ0v) is 19.9. The Labute approximate surface area is 203 Å². The van der Waals surface area contributed by atoms with E-state index < -0.39 is 23.3 Å². The van der Waals surface area contributed by atoms with Gasteiger partial charge in [-0.25, -0.2) is 9.37 Å². The molecule has 1 saturated heterocycles. The summed E-state index contributed by atoms with van der Waals surface area (Å²) in [5, 5.41) is 13.0. The summed E-state index contributed by atoms with van der Waals surface area (Å²) >= 11 is 0. The Hall–Kier alpha value is -3.56. The number of nitrogens with one attached hydrogen (secondary N) is 2. The summed E-state index contributed by atoms with van der Waals surface area (Å²) in [6.07, 6.45) is 1.92. The number of hydrogen-bond acceptors (Lipinski definition) is 6. The number of rotatable bonds is 7. The number of aromatic amines is 1. The Bertz CT molecular complexity index is 1210. The molecule has 1 fully saturated rings. The summed E-state index contributed by atoms with van der Waals surface area (Å²) in [6.45, 7) is 2.03. The molecule has 3 N–H and O–H groups in total. The van der Waals surface area contributed by atoms with Gasteiger partial charge in [0.25, 0.3) is 11.5 Å². The minimum Gasteiger partial charge on any atom is -0.501 e. The molecule has 2 aromatic carbocycles. The summed E-state index contributed by atoms with van der Waals surface area (Å²) in [4.78, 5) is 37.1. The fraction of sp³-hybridized carbons (Fsp3) is 0.346. The van der Waals surface area contributed by atoms with Crippen molar-refractivity contribution in [3.63, 3.8) is 0 Å². The molecule has 1 atom stereocenters. The summed E-state index contributed by atoms with van der Waals surface area (Å²) in [5.41, 5.74) is 0.470. The molecule has 0 saturated carbocycles. The van der Waals surface area contributed by atoms with E-state index >= 15 is 0 Å². The number of H-pyrrole nitrogens is 1. The Kier molecular flexibility index (Phi) is 7.57. The molecule has 1 amide bonds. The smallest absolute Gasteiger partial charge is 0.293 e. The summed E-state index contributed by atoms with van der Waals surface area (Å²) in [7, 11) is 4.09. The number of carbonyl (C=O) groups is 1. The first-order chi connectivity index (χ1) is 16.8. The van der Waals surface area contributed by atoms with Gasteiger partial charge in [-0.1, -0.05) is 42.5 Å². The lowest BCUT2D eigenvalue weighted by Crippen LogP contribution is -2.44. The molecular weight excluding hydrogens is 449 g/mol. The van der Waals surface area contributed by atoms with E-state index in [1.54, 1.807) is 12.1 Å². The van der Waals surface area contributed by atoms with E-state index in [0.717, 1.165) is 31.5 Å². The molecule has 0 radical (unpaired) electrons. The number of aromatic hydroxyl groups is 1. The van der Waals surface area contributed by atoms with Crippen LogP contribution in [0.5, 0.6) is 5.75 Å². The zero-order valence-electron chi connectivity index (χ0n) is 19.9. The van der Waals surface area contributed by atoms with Crippen molar-refractivity contribution in [2.75, 3.05) is 27.2 Å². The number of likely N-dealkylation sites (tertiary alicyclic amines) is 1. The molecule has 1 unspecified atom stereocenters. The average molecular weight is 480 g/mol. The van der Waals surface area contributed by atoms with Gasteiger partial charge in [0, 0.05) is 12.6 Å². The highest BCUT2D eigenvalue weighted by atomic mass is 19.1. The van der Waals surface area contributed by atoms with Gasteiger partial charge < -0.3 is 20.3 Å². The molecule has 184 valence electrons. The first-order valence-electron chi connectivity index (χ1n) is 11.6. The van der Waals surface area contributed by atoms with Crippen molar-refractivity contribution < 1.29 is 14.3 Å². The lowest BCUT2D eigenvalue weighted by molar-refractivity contribution is 0.0939. The molecule has 0 bridgehead atoms. The van der Waals surface area contributed by atoms with E-state index in [2.05, 4.69) is 32.1 Å². The summed E-state index contributed by atoms with van der Waals surface area (Å²) in [5.74, 6) is -1.52. The van der Waals surface area contributed by atoms with Crippen LogP contribution in [-0.4, -0.2) is 64.0 Å². The van der Waals surface area contributed by atoms with Crippen LogP contribution in [0.3, 0.4) is 0 Å². The first-order valence-corrected chi connectivity index (χ1v) is 11.6. The zero-order chi connectivity index (χ0) is 24.9. The quantitative estimate of drug-likeness (QED) is 0.482. The number of aromatic nitrogens is 2. The van der Waals surface area contributed by atoms with Crippen LogP contribution in [0.1, 0.15) is 46.3 Å². The van der Waals surface area contributed by atoms with Crippen molar-refractivity contribution >= 4 is 5.91 Å². The van der Waals surface area contributed by atoms with Gasteiger partial charge in [0.2, 0.25) is 5.75 Å². The normalized spacial score (nSPS) is 15.8. The van der Waals surface area contributed by atoms with Gasteiger partial charge in [-0.3, -0.25) is 14.5 Å². The fourth-order valence-electron chi connectivity index (χ4n) is 4.47. The Morgan fingerprint density at radius 2 is 1.86 bits per heavy atom. The van der Waals surface area contributed by atoms with Gasteiger partial charge in [-0.15, -0.1) is 0 Å². The third-order valence-corrected chi connectivity index (χ3v) is 6.54. The number of halogens is 1. The molecule has 3 aromatic rings. The molecule has 1 aromatic heterocycles. The maximum absolute atomic E-state index is 13.2. The van der Waals surface area contributed by atoms with Crippen LogP contribution in [0.15, 0.2) is 59.4 Å². The maximum Gasteiger partial charge on any atom is 0.293 e. The molecule has 4 rings (SSSR count). The largest absolute Gasteiger partial charge is 0.501 e. The van der Waals surface area contributed by atoms with Gasteiger partial charge in [0.15, 0.2) is 5.69 Å². The van der Waals surface area contributed by atoms with Crippen molar-refractivity contribution in [2.45, 2.75) is 31.5 Å². The van der Waals surface area contributed by atoms with Gasteiger partial charge in [-0.2, -0.15) is 0 Å². The van der Waals surface area contributed by atoms with Gasteiger partial charge in [0.05, 0.1) is 6.04 Å². The van der Waals surface area contributed by atoms with Gasteiger partial charge in [0.1, 0.15) is 11.6 Å². The monoisotopic (exact) mass is 479 g/mol. The Balaban J connectivity index is 1.65. The van der Waals surface area contributed by atoms with E-state index in [-0.39, 0.29) is 29.9 Å². The molecule has 8 nitrogen and oxygen atoms in total. The van der Waals surface area contributed by atoms with Gasteiger partial charge >= 0.3 is 0 Å². The van der Waals surface area contributed by atoms with Crippen LogP contribution < -0.4 is 10.9 Å². The lowest BCUT2D eigenvalue weighted by atomic mass is 9.98. The topological polar surface area (TPSA) is 102 Å². The fourth-order valence-corrected chi connectivity index (χ4v) is 4.47. The molecule has 0 spiro atoms. The van der Waals surface area contributed by atoms with Crippen LogP contribution in [0.4, 0.5) is 4.39 Å². The third kappa shape index (κ3) is 5.75. The van der Waals surface area contributed by atoms with Crippen molar-refractivity contribution in [1.82, 2.24) is 25.1 Å². The van der Waals surface area contributed by atoms with Crippen LogP contribution in [0.2, 0.25) is 0 Å². The second-order valence-electron chi connectivity index (χ2n) is 8.97. The van der Waals surface area contributed by atoms with E-state index in [1.807, 2.05) is 37.4 Å². The van der Waals surface area contributed by atoms with Crippen molar-refractivity contribution in [3.8, 4) is 5.75 Å². The van der Waals surface area contributed by atoms with E-state index in [1.165, 1.54) is 12.1 Å². The number of nitrogens with zero attached hydrogens (tertiary/aromatic N) is 3. The first kappa shape index (κ1) is 24.6. The van der Waals surface area contributed by atoms with Crippen molar-refractivity contribution in [3.05, 3.63) is 93.4 Å². The van der Waals surface area contributed by atoms with Crippen molar-refractivity contribution in [2.24, 2.45) is 0 Å². The highest BCUT2D eigenvalue weighted by Gasteiger charge is 2.31. The number of benzene rings is 2. The van der Waals surface area contributed by atoms with Crippen molar-refractivity contribution in [1.29, 1.82) is 0 Å². The lowest BCUT2D eigenvalue weighted by Gasteiger charge is -2.39. The van der Waals surface area contributed by atoms with Crippen LogP contribution >= 0.6 is 0 Å². The minimum absolute atomic E-state index is 0.0972. The second kappa shape index (κ2) is 10.8. The minimum atomic E-state index is -0.778. The van der Waals surface area contributed by atoms with Crippen LogP contribution in [0, 0.1) is 5.82 Å². The molecular formula is C26H30FN5O3. The number of hydrogen-bond donors (Lipinski definition) is 3. The number of amides is 1.